The van der Waals surface area contributed by atoms with Gasteiger partial charge in [0.25, 0.3) is 0 Å². The number of benzene rings is 2. The van der Waals surface area contributed by atoms with E-state index in [2.05, 4.69) is 0 Å². The smallest absolute Gasteiger partial charge is 0.162 e. The number of aryl methyl sites for hydroxylation is 2. The molecule has 2 aromatic carbocycles. The zero-order valence-electron chi connectivity index (χ0n) is 14.0. The van der Waals surface area contributed by atoms with E-state index in [1.165, 1.54) is 19.1 Å². The normalized spacial score (nSPS) is 11.9. The lowest BCUT2D eigenvalue weighted by atomic mass is 10.1. The third kappa shape index (κ3) is 4.55. The van der Waals surface area contributed by atoms with Crippen LogP contribution in [0.3, 0.4) is 0 Å². The number of Topliss-reactive ketones (excluding diaryl/α,β-unsaturated/α-hetero) is 1. The van der Waals surface area contributed by atoms with Crippen LogP contribution in [0.4, 0.5) is 4.39 Å². The van der Waals surface area contributed by atoms with Gasteiger partial charge in [0.15, 0.2) is 5.78 Å². The van der Waals surface area contributed by atoms with E-state index >= 15 is 0 Å². The van der Waals surface area contributed by atoms with Crippen molar-refractivity contribution < 1.29 is 23.8 Å². The Bertz CT molecular complexity index is 707. The highest BCUT2D eigenvalue weighted by Crippen LogP contribution is 2.22. The molecule has 0 spiro atoms. The Labute approximate surface area is 140 Å². The number of carbonyl (C=O) groups is 1. The van der Waals surface area contributed by atoms with Gasteiger partial charge in [-0.3, -0.25) is 4.79 Å². The van der Waals surface area contributed by atoms with E-state index < -0.39 is 11.9 Å². The SMILES string of the molecule is CC(=O)c1ccc(OCC(O)COc2c(C)cccc2C)cc1F. The van der Waals surface area contributed by atoms with Gasteiger partial charge in [0.1, 0.15) is 36.6 Å². The second kappa shape index (κ2) is 7.93. The molecule has 0 amide bonds. The van der Waals surface area contributed by atoms with Crippen LogP contribution < -0.4 is 9.47 Å². The topological polar surface area (TPSA) is 55.8 Å². The maximum atomic E-state index is 13.7. The Balaban J connectivity index is 1.88. The predicted molar refractivity (Wildman–Crippen MR) is 89.3 cm³/mol. The van der Waals surface area contributed by atoms with Crippen LogP contribution in [0.15, 0.2) is 36.4 Å². The quantitative estimate of drug-likeness (QED) is 0.789. The molecule has 0 saturated heterocycles. The highest BCUT2D eigenvalue weighted by Gasteiger charge is 2.12. The van der Waals surface area contributed by atoms with Crippen LogP contribution in [-0.4, -0.2) is 30.2 Å². The van der Waals surface area contributed by atoms with Gasteiger partial charge in [-0.15, -0.1) is 0 Å². The lowest BCUT2D eigenvalue weighted by molar-refractivity contribution is 0.0620. The van der Waals surface area contributed by atoms with E-state index in [0.717, 1.165) is 22.9 Å². The first kappa shape index (κ1) is 17.9. The molecule has 0 aliphatic carbocycles. The highest BCUT2D eigenvalue weighted by atomic mass is 19.1. The molecule has 0 aromatic heterocycles. The van der Waals surface area contributed by atoms with Gasteiger partial charge in [-0.2, -0.15) is 0 Å². The molecule has 24 heavy (non-hydrogen) atoms. The lowest BCUT2D eigenvalue weighted by Gasteiger charge is -2.16. The molecular weight excluding hydrogens is 311 g/mol. The summed E-state index contributed by atoms with van der Waals surface area (Å²) in [5, 5.41) is 9.97. The number of hydrogen-bond acceptors (Lipinski definition) is 4. The van der Waals surface area contributed by atoms with Gasteiger partial charge < -0.3 is 14.6 Å². The molecule has 0 fully saturated rings. The second-order valence-corrected chi connectivity index (χ2v) is 5.69. The fraction of sp³-hybridized carbons (Fsp3) is 0.316. The Morgan fingerprint density at radius 2 is 1.75 bits per heavy atom. The molecule has 4 nitrogen and oxygen atoms in total. The van der Waals surface area contributed by atoms with Gasteiger partial charge in [0.05, 0.1) is 5.56 Å². The van der Waals surface area contributed by atoms with Crippen molar-refractivity contribution in [1.82, 2.24) is 0 Å². The summed E-state index contributed by atoms with van der Waals surface area (Å²) in [4.78, 5) is 11.2. The number of aliphatic hydroxyl groups is 1. The molecule has 1 N–H and O–H groups in total. The molecule has 0 heterocycles. The molecule has 0 aliphatic rings. The standard InChI is InChI=1S/C19H21FO4/c1-12-5-4-6-13(2)19(12)24-11-15(22)10-23-16-7-8-17(14(3)21)18(20)9-16/h4-9,15,22H,10-11H2,1-3H3. The van der Waals surface area contributed by atoms with Crippen molar-refractivity contribution in [3.8, 4) is 11.5 Å². The van der Waals surface area contributed by atoms with E-state index in [-0.39, 0.29) is 30.3 Å². The van der Waals surface area contributed by atoms with E-state index in [1.807, 2.05) is 32.0 Å². The van der Waals surface area contributed by atoms with E-state index in [0.29, 0.717) is 0 Å². The summed E-state index contributed by atoms with van der Waals surface area (Å²) in [6.07, 6.45) is -0.862. The van der Waals surface area contributed by atoms with Crippen LogP contribution in [0, 0.1) is 19.7 Å². The van der Waals surface area contributed by atoms with Gasteiger partial charge in [-0.1, -0.05) is 18.2 Å². The molecule has 128 valence electrons. The fourth-order valence-electron chi connectivity index (χ4n) is 2.32. The summed E-state index contributed by atoms with van der Waals surface area (Å²) in [5.74, 6) is 0.0133. The van der Waals surface area contributed by atoms with Gasteiger partial charge in [-0.05, 0) is 44.0 Å². The molecule has 2 aromatic rings. The van der Waals surface area contributed by atoms with Crippen molar-refractivity contribution in [3.05, 3.63) is 58.9 Å². The number of rotatable bonds is 7. The van der Waals surface area contributed by atoms with Crippen molar-refractivity contribution in [2.24, 2.45) is 0 Å². The molecule has 0 aliphatic heterocycles. The summed E-state index contributed by atoms with van der Waals surface area (Å²) in [6.45, 7) is 5.20. The number of ketones is 1. The van der Waals surface area contributed by atoms with Crippen LogP contribution in [-0.2, 0) is 0 Å². The molecular formula is C19H21FO4. The number of carbonyl (C=O) groups excluding carboxylic acids is 1. The summed E-state index contributed by atoms with van der Waals surface area (Å²) in [6, 6.07) is 9.81. The monoisotopic (exact) mass is 332 g/mol. The van der Waals surface area contributed by atoms with E-state index in [9.17, 15) is 14.3 Å². The molecule has 1 atom stereocenters. The Kier molecular flexibility index (Phi) is 5.93. The zero-order chi connectivity index (χ0) is 17.7. The summed E-state index contributed by atoms with van der Waals surface area (Å²) in [7, 11) is 0. The van der Waals surface area contributed by atoms with Gasteiger partial charge >= 0.3 is 0 Å². The molecule has 0 saturated carbocycles. The molecule has 0 radical (unpaired) electrons. The first-order chi connectivity index (χ1) is 11.4. The zero-order valence-corrected chi connectivity index (χ0v) is 14.0. The van der Waals surface area contributed by atoms with Crippen molar-refractivity contribution in [2.75, 3.05) is 13.2 Å². The molecule has 0 bridgehead atoms. The number of ether oxygens (including phenoxy) is 2. The van der Waals surface area contributed by atoms with Crippen molar-refractivity contribution in [1.29, 1.82) is 0 Å². The van der Waals surface area contributed by atoms with Crippen molar-refractivity contribution in [3.63, 3.8) is 0 Å². The highest BCUT2D eigenvalue weighted by molar-refractivity contribution is 5.94. The predicted octanol–water partition coefficient (Wildman–Crippen LogP) is 3.46. The first-order valence-electron chi connectivity index (χ1n) is 7.69. The maximum Gasteiger partial charge on any atom is 0.162 e. The van der Waals surface area contributed by atoms with Crippen LogP contribution in [0.1, 0.15) is 28.4 Å². The van der Waals surface area contributed by atoms with E-state index in [4.69, 9.17) is 9.47 Å². The molecule has 1 unspecified atom stereocenters. The second-order valence-electron chi connectivity index (χ2n) is 5.69. The third-order valence-corrected chi connectivity index (χ3v) is 3.59. The fourth-order valence-corrected chi connectivity index (χ4v) is 2.32. The number of hydrogen-bond donors (Lipinski definition) is 1. The largest absolute Gasteiger partial charge is 0.491 e. The van der Waals surface area contributed by atoms with Crippen LogP contribution in [0.5, 0.6) is 11.5 Å². The minimum Gasteiger partial charge on any atom is -0.491 e. The minimum atomic E-state index is -0.862. The summed E-state index contributed by atoms with van der Waals surface area (Å²) in [5.41, 5.74) is 2.00. The Morgan fingerprint density at radius 3 is 2.33 bits per heavy atom. The molecule has 2 rings (SSSR count). The van der Waals surface area contributed by atoms with Crippen LogP contribution in [0.25, 0.3) is 0 Å². The Morgan fingerprint density at radius 1 is 1.12 bits per heavy atom. The summed E-state index contributed by atoms with van der Waals surface area (Å²) < 4.78 is 24.7. The van der Waals surface area contributed by atoms with Gasteiger partial charge in [0.2, 0.25) is 0 Å². The average Bonchev–Trinajstić information content (AvgIpc) is 2.52. The average molecular weight is 332 g/mol. The van der Waals surface area contributed by atoms with Crippen molar-refractivity contribution in [2.45, 2.75) is 26.9 Å². The lowest BCUT2D eigenvalue weighted by Crippen LogP contribution is -2.25. The van der Waals surface area contributed by atoms with Gasteiger partial charge in [0, 0.05) is 6.07 Å². The van der Waals surface area contributed by atoms with E-state index in [1.54, 1.807) is 0 Å². The summed E-state index contributed by atoms with van der Waals surface area (Å²) >= 11 is 0. The number of halogens is 1. The number of aliphatic hydroxyl groups excluding tert-OH is 1. The Hall–Kier alpha value is -2.40. The van der Waals surface area contributed by atoms with Crippen LogP contribution in [0.2, 0.25) is 0 Å². The van der Waals surface area contributed by atoms with Crippen molar-refractivity contribution >= 4 is 5.78 Å². The third-order valence-electron chi connectivity index (χ3n) is 3.59. The maximum absolute atomic E-state index is 13.7. The van der Waals surface area contributed by atoms with Gasteiger partial charge in [-0.25, -0.2) is 4.39 Å². The van der Waals surface area contributed by atoms with Crippen LogP contribution >= 0.6 is 0 Å². The number of para-hydroxylation sites is 1. The minimum absolute atomic E-state index is 0.0151. The molecule has 5 heteroatoms. The first-order valence-corrected chi connectivity index (χ1v) is 7.69.